The summed E-state index contributed by atoms with van der Waals surface area (Å²) in [6, 6.07) is 4.14. The van der Waals surface area contributed by atoms with Gasteiger partial charge in [0.15, 0.2) is 0 Å². The van der Waals surface area contributed by atoms with Crippen molar-refractivity contribution in [3.05, 3.63) is 34.9 Å². The van der Waals surface area contributed by atoms with Crippen LogP contribution in [0.4, 0.5) is 13.2 Å². The van der Waals surface area contributed by atoms with E-state index in [9.17, 15) is 13.2 Å². The molecule has 0 saturated carbocycles. The molecule has 1 aromatic carbocycles. The molecule has 0 radical (unpaired) electrons. The van der Waals surface area contributed by atoms with Crippen LogP contribution in [0.15, 0.2) is 18.2 Å². The van der Waals surface area contributed by atoms with Crippen molar-refractivity contribution in [1.29, 1.82) is 0 Å². The van der Waals surface area contributed by atoms with Gasteiger partial charge in [-0.1, -0.05) is 13.0 Å². The number of rotatable bonds is 0. The van der Waals surface area contributed by atoms with Crippen LogP contribution in [-0.2, 0) is 12.6 Å². The molecule has 0 unspecified atom stereocenters. The molecule has 0 amide bonds. The van der Waals surface area contributed by atoms with Crippen molar-refractivity contribution < 1.29 is 13.2 Å². The van der Waals surface area contributed by atoms with E-state index in [2.05, 4.69) is 0 Å². The zero-order chi connectivity index (χ0) is 11.1. The maximum absolute atomic E-state index is 12.5. The van der Waals surface area contributed by atoms with Gasteiger partial charge in [-0.3, -0.25) is 0 Å². The number of benzene rings is 1. The Hall–Kier alpha value is -0.990. The Bertz CT molecular complexity index is 366. The van der Waals surface area contributed by atoms with Gasteiger partial charge in [0.05, 0.1) is 5.56 Å². The molecule has 0 bridgehead atoms. The first-order chi connectivity index (χ1) is 6.98. The van der Waals surface area contributed by atoms with Gasteiger partial charge in [0, 0.05) is 0 Å². The van der Waals surface area contributed by atoms with Crippen molar-refractivity contribution in [1.82, 2.24) is 0 Å². The van der Waals surface area contributed by atoms with Crippen LogP contribution in [0.2, 0.25) is 0 Å². The fourth-order valence-electron chi connectivity index (χ4n) is 2.21. The van der Waals surface area contributed by atoms with Gasteiger partial charge in [0.25, 0.3) is 0 Å². The zero-order valence-electron chi connectivity index (χ0n) is 8.56. The Labute approximate surface area is 87.1 Å². The molecule has 2 rings (SSSR count). The summed E-state index contributed by atoms with van der Waals surface area (Å²) in [6.07, 6.45) is -1.22. The van der Waals surface area contributed by atoms with E-state index in [-0.39, 0.29) is 5.92 Å². The highest BCUT2D eigenvalue weighted by molar-refractivity contribution is 5.37. The second kappa shape index (κ2) is 3.54. The van der Waals surface area contributed by atoms with Gasteiger partial charge in [-0.05, 0) is 48.4 Å². The van der Waals surface area contributed by atoms with Gasteiger partial charge < -0.3 is 0 Å². The number of alkyl halides is 3. The van der Waals surface area contributed by atoms with Crippen LogP contribution in [0.5, 0.6) is 0 Å². The van der Waals surface area contributed by atoms with E-state index in [4.69, 9.17) is 0 Å². The van der Waals surface area contributed by atoms with Crippen LogP contribution in [0.1, 0.15) is 42.4 Å². The molecule has 15 heavy (non-hydrogen) atoms. The third-order valence-corrected chi connectivity index (χ3v) is 3.09. The van der Waals surface area contributed by atoms with E-state index in [1.807, 2.05) is 6.92 Å². The molecule has 0 aromatic heterocycles. The second-order valence-electron chi connectivity index (χ2n) is 4.20. The van der Waals surface area contributed by atoms with Crippen LogP contribution in [0.25, 0.3) is 0 Å². The van der Waals surface area contributed by atoms with E-state index in [0.29, 0.717) is 0 Å². The van der Waals surface area contributed by atoms with Crippen molar-refractivity contribution in [3.63, 3.8) is 0 Å². The smallest absolute Gasteiger partial charge is 0.166 e. The summed E-state index contributed by atoms with van der Waals surface area (Å²) in [5.41, 5.74) is 1.45. The van der Waals surface area contributed by atoms with Crippen molar-refractivity contribution in [2.75, 3.05) is 0 Å². The first-order valence-electron chi connectivity index (χ1n) is 5.18. The molecule has 1 aliphatic carbocycles. The maximum Gasteiger partial charge on any atom is 0.416 e. The van der Waals surface area contributed by atoms with Gasteiger partial charge in [-0.15, -0.1) is 0 Å². The van der Waals surface area contributed by atoms with Crippen molar-refractivity contribution >= 4 is 0 Å². The summed E-state index contributed by atoms with van der Waals surface area (Å²) in [6.45, 7) is 2.00. The molecule has 0 saturated heterocycles. The van der Waals surface area contributed by atoms with Crippen LogP contribution >= 0.6 is 0 Å². The zero-order valence-corrected chi connectivity index (χ0v) is 8.56. The summed E-state index contributed by atoms with van der Waals surface area (Å²) in [5.74, 6) is 0.260. The van der Waals surface area contributed by atoms with E-state index < -0.39 is 11.7 Å². The first kappa shape index (κ1) is 10.5. The molecule has 0 N–H and O–H groups in total. The number of aryl methyl sites for hydroxylation is 1. The lowest BCUT2D eigenvalue weighted by molar-refractivity contribution is -0.137. The Morgan fingerprint density at radius 1 is 1.27 bits per heavy atom. The third-order valence-electron chi connectivity index (χ3n) is 3.09. The van der Waals surface area contributed by atoms with Crippen LogP contribution in [-0.4, -0.2) is 0 Å². The molecular weight excluding hydrogens is 201 g/mol. The maximum atomic E-state index is 12.5. The van der Waals surface area contributed by atoms with Gasteiger partial charge in [0.2, 0.25) is 0 Å². The lowest BCUT2D eigenvalue weighted by Gasteiger charge is -2.23. The Morgan fingerprint density at radius 2 is 2.00 bits per heavy atom. The molecule has 3 heteroatoms. The predicted molar refractivity (Wildman–Crippen MR) is 52.8 cm³/mol. The van der Waals surface area contributed by atoms with Crippen molar-refractivity contribution in [2.24, 2.45) is 0 Å². The molecule has 1 atom stereocenters. The average Bonchev–Trinajstić information content (AvgIpc) is 2.16. The summed E-state index contributed by atoms with van der Waals surface area (Å²) in [5, 5.41) is 0. The number of hydrogen-bond donors (Lipinski definition) is 0. The number of halogens is 3. The fraction of sp³-hybridized carbons (Fsp3) is 0.500. The van der Waals surface area contributed by atoms with Gasteiger partial charge in [0.1, 0.15) is 0 Å². The lowest BCUT2D eigenvalue weighted by atomic mass is 9.83. The van der Waals surface area contributed by atoms with Gasteiger partial charge in [-0.25, -0.2) is 0 Å². The molecule has 1 aromatic rings. The Morgan fingerprint density at radius 3 is 2.67 bits per heavy atom. The SMILES string of the molecule is C[C@H]1CCCc2ccc(C(F)(F)F)cc21. The van der Waals surface area contributed by atoms with E-state index in [1.165, 1.54) is 12.1 Å². The summed E-state index contributed by atoms with van der Waals surface area (Å²) < 4.78 is 37.5. The minimum absolute atomic E-state index is 0.260. The molecular formula is C12H13F3. The number of fused-ring (bicyclic) bond motifs is 1. The van der Waals surface area contributed by atoms with Crippen molar-refractivity contribution in [2.45, 2.75) is 38.3 Å². The summed E-state index contributed by atoms with van der Waals surface area (Å²) in [4.78, 5) is 0. The molecule has 0 heterocycles. The minimum Gasteiger partial charge on any atom is -0.166 e. The molecule has 0 spiro atoms. The topological polar surface area (TPSA) is 0 Å². The number of hydrogen-bond acceptors (Lipinski definition) is 0. The lowest BCUT2D eigenvalue weighted by Crippen LogP contribution is -2.11. The van der Waals surface area contributed by atoms with Crippen LogP contribution < -0.4 is 0 Å². The predicted octanol–water partition coefficient (Wildman–Crippen LogP) is 4.15. The standard InChI is InChI=1S/C12H13F3/c1-8-3-2-4-9-5-6-10(7-11(8)9)12(13,14)15/h5-8H,2-4H2,1H3/t8-/m0/s1. The average molecular weight is 214 g/mol. The van der Waals surface area contributed by atoms with E-state index in [0.717, 1.165) is 30.4 Å². The van der Waals surface area contributed by atoms with Crippen molar-refractivity contribution in [3.8, 4) is 0 Å². The summed E-state index contributed by atoms with van der Waals surface area (Å²) >= 11 is 0. The molecule has 82 valence electrons. The van der Waals surface area contributed by atoms with E-state index in [1.54, 1.807) is 6.07 Å². The van der Waals surface area contributed by atoms with E-state index >= 15 is 0 Å². The third kappa shape index (κ3) is 2.01. The molecule has 0 fully saturated rings. The second-order valence-corrected chi connectivity index (χ2v) is 4.20. The monoisotopic (exact) mass is 214 g/mol. The Balaban J connectivity index is 2.44. The highest BCUT2D eigenvalue weighted by Crippen LogP contribution is 2.36. The minimum atomic E-state index is -4.22. The highest BCUT2D eigenvalue weighted by atomic mass is 19.4. The molecule has 1 aliphatic rings. The summed E-state index contributed by atoms with van der Waals surface area (Å²) in [7, 11) is 0. The normalized spacial score (nSPS) is 21.2. The largest absolute Gasteiger partial charge is 0.416 e. The van der Waals surface area contributed by atoms with Gasteiger partial charge in [-0.2, -0.15) is 13.2 Å². The first-order valence-corrected chi connectivity index (χ1v) is 5.18. The molecule has 0 nitrogen and oxygen atoms in total. The van der Waals surface area contributed by atoms with Gasteiger partial charge >= 0.3 is 6.18 Å². The van der Waals surface area contributed by atoms with Crippen LogP contribution in [0.3, 0.4) is 0 Å². The highest BCUT2D eigenvalue weighted by Gasteiger charge is 2.31. The quantitative estimate of drug-likeness (QED) is 0.608. The fourth-order valence-corrected chi connectivity index (χ4v) is 2.21. The Kier molecular flexibility index (Phi) is 2.49. The van der Waals surface area contributed by atoms with Crippen LogP contribution in [0, 0.1) is 0 Å². The molecule has 0 aliphatic heterocycles.